The average molecular weight is 300 g/mol. The van der Waals surface area contributed by atoms with Crippen LogP contribution in [0.3, 0.4) is 0 Å². The number of rotatable bonds is 3. The van der Waals surface area contributed by atoms with Crippen LogP contribution >= 0.6 is 11.3 Å². The predicted molar refractivity (Wildman–Crippen MR) is 81.5 cm³/mol. The molecule has 0 spiro atoms. The van der Waals surface area contributed by atoms with Crippen molar-refractivity contribution in [1.82, 2.24) is 10.3 Å². The normalized spacial score (nSPS) is 11.7. The van der Waals surface area contributed by atoms with Gasteiger partial charge in [-0.25, -0.2) is 0 Å². The highest BCUT2D eigenvalue weighted by atomic mass is 32.1. The van der Waals surface area contributed by atoms with Crippen molar-refractivity contribution in [3.05, 3.63) is 46.7 Å². The maximum atomic E-state index is 11.8. The number of nitrogens with two attached hydrogens (primary N) is 1. The largest absolute Gasteiger partial charge is 0.422 e. The molecule has 0 unspecified atom stereocenters. The van der Waals surface area contributed by atoms with Gasteiger partial charge in [0.1, 0.15) is 5.52 Å². The summed E-state index contributed by atoms with van der Waals surface area (Å²) >= 11 is 1.51. The van der Waals surface area contributed by atoms with E-state index in [0.717, 1.165) is 4.88 Å². The van der Waals surface area contributed by atoms with Gasteiger partial charge in [-0.1, -0.05) is 18.2 Å². The maximum absolute atomic E-state index is 11.8. The molecule has 2 aromatic heterocycles. The number of fused-ring (bicyclic) bond motifs is 1. The number of para-hydroxylation sites is 2. The Morgan fingerprint density at radius 3 is 2.95 bits per heavy atom. The lowest BCUT2D eigenvalue weighted by atomic mass is 10.3. The van der Waals surface area contributed by atoms with Crippen LogP contribution in [0.5, 0.6) is 0 Å². The number of hydrogen-bond donors (Lipinski definition) is 2. The lowest BCUT2D eigenvalue weighted by molar-refractivity contribution is -0.119. The highest BCUT2D eigenvalue weighted by Gasteiger charge is 2.08. The SMILES string of the molecule is NC(=Nc1nc2ccccc2o1)NC(=O)Cc1cccs1. The third-order valence-corrected chi connectivity index (χ3v) is 3.56. The Balaban J connectivity index is 1.69. The fourth-order valence-electron chi connectivity index (χ4n) is 1.80. The minimum absolute atomic E-state index is 0.0388. The van der Waals surface area contributed by atoms with Gasteiger partial charge in [-0.15, -0.1) is 11.3 Å². The summed E-state index contributed by atoms with van der Waals surface area (Å²) in [6.07, 6.45) is 0.265. The number of oxazole rings is 1. The molecule has 2 heterocycles. The van der Waals surface area contributed by atoms with Crippen LogP contribution in [0.1, 0.15) is 4.88 Å². The van der Waals surface area contributed by atoms with E-state index in [-0.39, 0.29) is 24.3 Å². The van der Waals surface area contributed by atoms with Gasteiger partial charge in [0.15, 0.2) is 5.58 Å². The van der Waals surface area contributed by atoms with Crippen molar-refractivity contribution in [2.75, 3.05) is 0 Å². The quantitative estimate of drug-likeness (QED) is 0.572. The number of guanidine groups is 1. The van der Waals surface area contributed by atoms with E-state index < -0.39 is 0 Å². The predicted octanol–water partition coefficient (Wildman–Crippen LogP) is 2.19. The van der Waals surface area contributed by atoms with E-state index in [4.69, 9.17) is 10.2 Å². The third kappa shape index (κ3) is 3.26. The van der Waals surface area contributed by atoms with Gasteiger partial charge in [-0.3, -0.25) is 10.1 Å². The Kier molecular flexibility index (Phi) is 3.65. The van der Waals surface area contributed by atoms with E-state index in [1.54, 1.807) is 6.07 Å². The van der Waals surface area contributed by atoms with Gasteiger partial charge in [0.25, 0.3) is 0 Å². The Hall–Kier alpha value is -2.67. The zero-order valence-corrected chi connectivity index (χ0v) is 11.8. The molecule has 3 N–H and O–H groups in total. The van der Waals surface area contributed by atoms with Crippen LogP contribution in [0.25, 0.3) is 11.1 Å². The number of nitrogens with one attached hydrogen (secondary N) is 1. The van der Waals surface area contributed by atoms with Gasteiger partial charge in [0, 0.05) is 4.88 Å². The number of benzene rings is 1. The summed E-state index contributed by atoms with van der Waals surface area (Å²) in [5.74, 6) is -0.266. The molecule has 1 amide bonds. The summed E-state index contributed by atoms with van der Waals surface area (Å²) < 4.78 is 5.40. The summed E-state index contributed by atoms with van der Waals surface area (Å²) in [6, 6.07) is 11.2. The summed E-state index contributed by atoms with van der Waals surface area (Å²) in [6.45, 7) is 0. The third-order valence-electron chi connectivity index (χ3n) is 2.68. The van der Waals surface area contributed by atoms with E-state index in [1.165, 1.54) is 11.3 Å². The first-order valence-electron chi connectivity index (χ1n) is 6.23. The molecule has 21 heavy (non-hydrogen) atoms. The topological polar surface area (TPSA) is 93.5 Å². The van der Waals surface area contributed by atoms with Crippen LogP contribution in [0, 0.1) is 0 Å². The molecule has 6 nitrogen and oxygen atoms in total. The van der Waals surface area contributed by atoms with E-state index in [0.29, 0.717) is 11.1 Å². The lowest BCUT2D eigenvalue weighted by Gasteiger charge is -2.01. The number of nitrogens with zero attached hydrogens (tertiary/aromatic N) is 2. The zero-order chi connectivity index (χ0) is 14.7. The van der Waals surface area contributed by atoms with Crippen molar-refractivity contribution in [2.24, 2.45) is 10.7 Å². The van der Waals surface area contributed by atoms with Crippen LogP contribution in [0.15, 0.2) is 51.2 Å². The molecule has 3 aromatic rings. The molecule has 0 atom stereocenters. The van der Waals surface area contributed by atoms with Crippen LogP contribution < -0.4 is 11.1 Å². The number of thiophene rings is 1. The first kappa shape index (κ1) is 13.3. The summed E-state index contributed by atoms with van der Waals surface area (Å²) in [4.78, 5) is 20.8. The molecule has 0 radical (unpaired) electrons. The number of aromatic nitrogens is 1. The highest BCUT2D eigenvalue weighted by Crippen LogP contribution is 2.19. The molecule has 106 valence electrons. The molecular formula is C14H12N4O2S. The van der Waals surface area contributed by atoms with Crippen molar-refractivity contribution < 1.29 is 9.21 Å². The summed E-state index contributed by atoms with van der Waals surface area (Å²) in [5, 5.41) is 4.42. The van der Waals surface area contributed by atoms with E-state index in [2.05, 4.69) is 15.3 Å². The van der Waals surface area contributed by atoms with Crippen molar-refractivity contribution in [3.8, 4) is 0 Å². The molecule has 3 rings (SSSR count). The van der Waals surface area contributed by atoms with E-state index in [9.17, 15) is 4.79 Å². The van der Waals surface area contributed by atoms with Crippen LogP contribution in [0.4, 0.5) is 6.01 Å². The standard InChI is InChI=1S/C14H12N4O2S/c15-13(17-12(19)8-9-4-3-7-21-9)18-14-16-10-5-1-2-6-11(10)20-14/h1-7H,8H2,(H3,15,16,17,18,19). The van der Waals surface area contributed by atoms with Crippen LogP contribution in [-0.4, -0.2) is 16.9 Å². The van der Waals surface area contributed by atoms with Gasteiger partial charge >= 0.3 is 6.01 Å². The molecule has 0 aliphatic heterocycles. The lowest BCUT2D eigenvalue weighted by Crippen LogP contribution is -2.37. The van der Waals surface area contributed by atoms with Crippen molar-refractivity contribution in [1.29, 1.82) is 0 Å². The smallest absolute Gasteiger partial charge is 0.325 e. The van der Waals surface area contributed by atoms with Gasteiger partial charge in [-0.05, 0) is 23.6 Å². The van der Waals surface area contributed by atoms with Gasteiger partial charge < -0.3 is 10.2 Å². The Bertz CT molecular complexity index is 759. The molecule has 0 saturated carbocycles. The molecule has 0 fully saturated rings. The second-order valence-electron chi connectivity index (χ2n) is 4.27. The number of amides is 1. The van der Waals surface area contributed by atoms with Crippen LogP contribution in [0.2, 0.25) is 0 Å². The molecule has 0 aliphatic rings. The van der Waals surface area contributed by atoms with Crippen molar-refractivity contribution in [3.63, 3.8) is 0 Å². The Morgan fingerprint density at radius 2 is 2.19 bits per heavy atom. The molecule has 0 saturated heterocycles. The van der Waals surface area contributed by atoms with E-state index >= 15 is 0 Å². The van der Waals surface area contributed by atoms with Crippen molar-refractivity contribution >= 4 is 40.3 Å². The first-order chi connectivity index (χ1) is 10.2. The summed E-state index contributed by atoms with van der Waals surface area (Å²) in [5.41, 5.74) is 6.99. The average Bonchev–Trinajstić information content (AvgIpc) is 3.06. The Morgan fingerprint density at radius 1 is 1.33 bits per heavy atom. The molecule has 7 heteroatoms. The second-order valence-corrected chi connectivity index (χ2v) is 5.30. The van der Waals surface area contributed by atoms with E-state index in [1.807, 2.05) is 35.7 Å². The maximum Gasteiger partial charge on any atom is 0.325 e. The molecule has 1 aromatic carbocycles. The minimum atomic E-state index is -0.227. The molecular weight excluding hydrogens is 288 g/mol. The highest BCUT2D eigenvalue weighted by molar-refractivity contribution is 7.10. The minimum Gasteiger partial charge on any atom is -0.422 e. The zero-order valence-electron chi connectivity index (χ0n) is 10.9. The van der Waals surface area contributed by atoms with Gasteiger partial charge in [-0.2, -0.15) is 9.98 Å². The second kappa shape index (κ2) is 5.76. The monoisotopic (exact) mass is 300 g/mol. The molecule has 0 bridgehead atoms. The number of aliphatic imine (C=N–C) groups is 1. The van der Waals surface area contributed by atoms with Crippen molar-refractivity contribution in [2.45, 2.75) is 6.42 Å². The molecule has 0 aliphatic carbocycles. The van der Waals surface area contributed by atoms with Crippen LogP contribution in [-0.2, 0) is 11.2 Å². The summed E-state index contributed by atoms with van der Waals surface area (Å²) in [7, 11) is 0. The first-order valence-corrected chi connectivity index (χ1v) is 7.10. The number of hydrogen-bond acceptors (Lipinski definition) is 5. The fourth-order valence-corrected chi connectivity index (χ4v) is 2.50. The fraction of sp³-hybridized carbons (Fsp3) is 0.0714. The number of carbonyl (C=O) groups is 1. The Labute approximate surface area is 124 Å². The van der Waals surface area contributed by atoms with Gasteiger partial charge in [0.05, 0.1) is 6.42 Å². The number of carbonyl (C=O) groups excluding carboxylic acids is 1. The van der Waals surface area contributed by atoms with Gasteiger partial charge in [0.2, 0.25) is 11.9 Å².